The van der Waals surface area contributed by atoms with Gasteiger partial charge in [-0.2, -0.15) is 0 Å². The molecular weight excluding hydrogens is 243 g/mol. The Balaban J connectivity index is 2.10. The van der Waals surface area contributed by atoms with E-state index in [9.17, 15) is 9.50 Å². The van der Waals surface area contributed by atoms with Crippen LogP contribution in [0.15, 0.2) is 18.2 Å². The smallest absolute Gasteiger partial charge is 0.127 e. The summed E-state index contributed by atoms with van der Waals surface area (Å²) in [5.41, 5.74) is 6.53. The minimum Gasteiger partial charge on any atom is -0.508 e. The Morgan fingerprint density at radius 2 is 2.21 bits per heavy atom. The van der Waals surface area contributed by atoms with Crippen molar-refractivity contribution in [2.24, 2.45) is 11.7 Å². The van der Waals surface area contributed by atoms with Gasteiger partial charge in [-0.05, 0) is 56.0 Å². The van der Waals surface area contributed by atoms with Crippen LogP contribution in [0.25, 0.3) is 0 Å². The average Bonchev–Trinajstić information content (AvgIpc) is 2.32. The fraction of sp³-hybridized carbons (Fsp3) is 0.600. The van der Waals surface area contributed by atoms with Crippen LogP contribution < -0.4 is 5.73 Å². The summed E-state index contributed by atoms with van der Waals surface area (Å²) in [6, 6.07) is 4.74. The molecule has 3 N–H and O–H groups in total. The van der Waals surface area contributed by atoms with E-state index in [4.69, 9.17) is 5.73 Å². The predicted octanol–water partition coefficient (Wildman–Crippen LogP) is 2.48. The first-order valence-corrected chi connectivity index (χ1v) is 7.02. The third-order valence-electron chi connectivity index (χ3n) is 4.02. The van der Waals surface area contributed by atoms with Gasteiger partial charge < -0.3 is 10.8 Å². The fourth-order valence-electron chi connectivity index (χ4n) is 3.13. The first kappa shape index (κ1) is 14.3. The lowest BCUT2D eigenvalue weighted by atomic mass is 9.88. The van der Waals surface area contributed by atoms with Gasteiger partial charge >= 0.3 is 0 Å². The third-order valence-corrected chi connectivity index (χ3v) is 4.02. The number of benzene rings is 1. The van der Waals surface area contributed by atoms with E-state index in [0.29, 0.717) is 25.0 Å². The summed E-state index contributed by atoms with van der Waals surface area (Å²) in [5.74, 6) is 0.241. The van der Waals surface area contributed by atoms with E-state index >= 15 is 0 Å². The highest BCUT2D eigenvalue weighted by Crippen LogP contribution is 2.27. The SMILES string of the molecule is CC1CCCN(Cc2cc(O)cc(F)c2)C1CCN. The van der Waals surface area contributed by atoms with Crippen molar-refractivity contribution in [2.75, 3.05) is 13.1 Å². The number of phenolic OH excluding ortho intramolecular Hbond substituents is 1. The quantitative estimate of drug-likeness (QED) is 0.880. The first-order chi connectivity index (χ1) is 9.10. The molecular formula is C15H23FN2O. The molecule has 0 saturated carbocycles. The molecule has 1 aromatic carbocycles. The van der Waals surface area contributed by atoms with Crippen LogP contribution in [0.4, 0.5) is 4.39 Å². The number of phenols is 1. The maximum atomic E-state index is 13.3. The molecule has 0 aromatic heterocycles. The summed E-state index contributed by atoms with van der Waals surface area (Å²) < 4.78 is 13.3. The van der Waals surface area contributed by atoms with Gasteiger partial charge in [0, 0.05) is 18.7 Å². The van der Waals surface area contributed by atoms with Crippen LogP contribution in [0.2, 0.25) is 0 Å². The van der Waals surface area contributed by atoms with Crippen molar-refractivity contribution in [2.45, 2.75) is 38.8 Å². The lowest BCUT2D eigenvalue weighted by Crippen LogP contribution is -2.44. The second-order valence-electron chi connectivity index (χ2n) is 5.55. The van der Waals surface area contributed by atoms with Crippen molar-refractivity contribution < 1.29 is 9.50 Å². The molecule has 1 aromatic rings. The van der Waals surface area contributed by atoms with E-state index in [1.165, 1.54) is 18.9 Å². The minimum absolute atomic E-state index is 0.00423. The molecule has 1 heterocycles. The Bertz CT molecular complexity index is 404. The molecule has 2 unspecified atom stereocenters. The summed E-state index contributed by atoms with van der Waals surface area (Å²) >= 11 is 0. The van der Waals surface area contributed by atoms with Crippen LogP contribution in [-0.2, 0) is 6.54 Å². The normalized spacial score (nSPS) is 24.6. The summed E-state index contributed by atoms with van der Waals surface area (Å²) in [6.07, 6.45) is 3.38. The van der Waals surface area contributed by atoms with Gasteiger partial charge in [-0.25, -0.2) is 4.39 Å². The Kier molecular flexibility index (Phi) is 4.77. The molecule has 4 heteroatoms. The maximum Gasteiger partial charge on any atom is 0.127 e. The van der Waals surface area contributed by atoms with Crippen LogP contribution in [0, 0.1) is 11.7 Å². The van der Waals surface area contributed by atoms with Gasteiger partial charge in [-0.1, -0.05) is 6.92 Å². The van der Waals surface area contributed by atoms with Crippen molar-refractivity contribution in [3.8, 4) is 5.75 Å². The molecule has 0 radical (unpaired) electrons. The molecule has 1 aliphatic rings. The number of likely N-dealkylation sites (tertiary alicyclic amines) is 1. The van der Waals surface area contributed by atoms with Crippen LogP contribution >= 0.6 is 0 Å². The Morgan fingerprint density at radius 3 is 2.89 bits per heavy atom. The van der Waals surface area contributed by atoms with Crippen molar-refractivity contribution in [1.82, 2.24) is 4.90 Å². The van der Waals surface area contributed by atoms with E-state index in [2.05, 4.69) is 11.8 Å². The number of nitrogens with two attached hydrogens (primary N) is 1. The van der Waals surface area contributed by atoms with Crippen LogP contribution in [-0.4, -0.2) is 29.1 Å². The molecule has 0 spiro atoms. The summed E-state index contributed by atoms with van der Waals surface area (Å²) in [4.78, 5) is 2.37. The van der Waals surface area contributed by atoms with E-state index in [0.717, 1.165) is 24.6 Å². The van der Waals surface area contributed by atoms with Gasteiger partial charge in [-0.15, -0.1) is 0 Å². The lowest BCUT2D eigenvalue weighted by molar-refractivity contribution is 0.0885. The van der Waals surface area contributed by atoms with Crippen LogP contribution in [0.3, 0.4) is 0 Å². The van der Waals surface area contributed by atoms with Crippen molar-refractivity contribution in [1.29, 1.82) is 0 Å². The molecule has 3 nitrogen and oxygen atoms in total. The van der Waals surface area contributed by atoms with Gasteiger partial charge in [0.1, 0.15) is 11.6 Å². The summed E-state index contributed by atoms with van der Waals surface area (Å²) in [6.45, 7) is 4.64. The van der Waals surface area contributed by atoms with E-state index in [1.54, 1.807) is 6.07 Å². The molecule has 0 aliphatic carbocycles. The molecule has 2 atom stereocenters. The van der Waals surface area contributed by atoms with Crippen molar-refractivity contribution in [3.05, 3.63) is 29.6 Å². The van der Waals surface area contributed by atoms with Crippen LogP contribution in [0.1, 0.15) is 31.7 Å². The number of nitrogens with zero attached hydrogens (tertiary/aromatic N) is 1. The Labute approximate surface area is 114 Å². The highest BCUT2D eigenvalue weighted by atomic mass is 19.1. The van der Waals surface area contributed by atoms with E-state index in [-0.39, 0.29) is 11.6 Å². The molecule has 1 aliphatic heterocycles. The molecule has 106 valence electrons. The molecule has 1 saturated heterocycles. The Morgan fingerprint density at radius 1 is 1.42 bits per heavy atom. The predicted molar refractivity (Wildman–Crippen MR) is 74.3 cm³/mol. The number of aromatic hydroxyl groups is 1. The summed E-state index contributed by atoms with van der Waals surface area (Å²) in [5, 5.41) is 9.47. The van der Waals surface area contributed by atoms with Crippen molar-refractivity contribution in [3.63, 3.8) is 0 Å². The molecule has 1 fully saturated rings. The summed E-state index contributed by atoms with van der Waals surface area (Å²) in [7, 11) is 0. The number of piperidine rings is 1. The second kappa shape index (κ2) is 6.35. The first-order valence-electron chi connectivity index (χ1n) is 7.02. The molecule has 2 rings (SSSR count). The number of hydrogen-bond acceptors (Lipinski definition) is 3. The zero-order chi connectivity index (χ0) is 13.8. The largest absolute Gasteiger partial charge is 0.508 e. The highest BCUT2D eigenvalue weighted by Gasteiger charge is 2.27. The van der Waals surface area contributed by atoms with Gasteiger partial charge in [0.15, 0.2) is 0 Å². The Hall–Kier alpha value is -1.13. The molecule has 0 amide bonds. The molecule has 0 bridgehead atoms. The topological polar surface area (TPSA) is 49.5 Å². The molecule has 19 heavy (non-hydrogen) atoms. The monoisotopic (exact) mass is 266 g/mol. The van der Waals surface area contributed by atoms with E-state index < -0.39 is 0 Å². The standard InChI is InChI=1S/C15H23FN2O/c1-11-3-2-6-18(15(11)4-5-17)10-12-7-13(16)9-14(19)8-12/h7-9,11,15,19H,2-6,10,17H2,1H3. The zero-order valence-corrected chi connectivity index (χ0v) is 11.5. The number of rotatable bonds is 4. The van der Waals surface area contributed by atoms with Crippen LogP contribution in [0.5, 0.6) is 5.75 Å². The highest BCUT2D eigenvalue weighted by molar-refractivity contribution is 5.28. The maximum absolute atomic E-state index is 13.3. The number of hydrogen-bond donors (Lipinski definition) is 2. The van der Waals surface area contributed by atoms with Crippen molar-refractivity contribution >= 4 is 0 Å². The van der Waals surface area contributed by atoms with E-state index in [1.807, 2.05) is 0 Å². The van der Waals surface area contributed by atoms with Gasteiger partial charge in [0.05, 0.1) is 0 Å². The lowest BCUT2D eigenvalue weighted by Gasteiger charge is -2.40. The minimum atomic E-state index is -0.379. The van der Waals surface area contributed by atoms with Gasteiger partial charge in [-0.3, -0.25) is 4.90 Å². The second-order valence-corrected chi connectivity index (χ2v) is 5.55. The van der Waals surface area contributed by atoms with Gasteiger partial charge in [0.2, 0.25) is 0 Å². The fourth-order valence-corrected chi connectivity index (χ4v) is 3.13. The average molecular weight is 266 g/mol. The third kappa shape index (κ3) is 3.67. The number of halogens is 1. The zero-order valence-electron chi connectivity index (χ0n) is 11.5. The van der Waals surface area contributed by atoms with Gasteiger partial charge in [0.25, 0.3) is 0 Å².